The number of sulfonamides is 1. The van der Waals surface area contributed by atoms with Crippen molar-refractivity contribution in [1.82, 2.24) is 4.90 Å². The van der Waals surface area contributed by atoms with E-state index in [-0.39, 0.29) is 42.9 Å². The average Bonchev–Trinajstić information content (AvgIpc) is 3.11. The van der Waals surface area contributed by atoms with Crippen molar-refractivity contribution in [2.45, 2.75) is 25.8 Å². The van der Waals surface area contributed by atoms with Gasteiger partial charge in [0.25, 0.3) is 0 Å². The van der Waals surface area contributed by atoms with Gasteiger partial charge in [-0.05, 0) is 43.2 Å². The van der Waals surface area contributed by atoms with Crippen LogP contribution in [0.15, 0.2) is 48.5 Å². The summed E-state index contributed by atoms with van der Waals surface area (Å²) in [5.74, 6) is -1.23. The fourth-order valence-corrected chi connectivity index (χ4v) is 5.61. The molecule has 1 atom stereocenters. The molecule has 2 saturated heterocycles. The first kappa shape index (κ1) is 21.3. The second kappa shape index (κ2) is 8.66. The van der Waals surface area contributed by atoms with Gasteiger partial charge in [-0.2, -0.15) is 0 Å². The van der Waals surface area contributed by atoms with Crippen molar-refractivity contribution in [3.05, 3.63) is 59.9 Å². The van der Waals surface area contributed by atoms with Crippen molar-refractivity contribution in [3.8, 4) is 0 Å². The number of likely N-dealkylation sites (tertiary alicyclic amines) is 1. The molecule has 0 spiro atoms. The van der Waals surface area contributed by atoms with Crippen LogP contribution < -0.4 is 9.62 Å². The summed E-state index contributed by atoms with van der Waals surface area (Å²) in [6.07, 6.45) is 1.56. The first-order valence-electron chi connectivity index (χ1n) is 10.3. The number of anilines is 2. The number of rotatable bonds is 5. The molecule has 2 fully saturated rings. The molecule has 2 aromatic carbocycles. The summed E-state index contributed by atoms with van der Waals surface area (Å²) >= 11 is 0. The number of carbonyl (C=O) groups excluding carboxylic acids is 2. The number of nitrogens with one attached hydrogen (secondary N) is 1. The van der Waals surface area contributed by atoms with Crippen molar-refractivity contribution >= 4 is 33.2 Å². The molecule has 7 nitrogen and oxygen atoms in total. The minimum absolute atomic E-state index is 0.0738. The topological polar surface area (TPSA) is 86.8 Å². The third-order valence-corrected chi connectivity index (χ3v) is 7.55. The first-order valence-corrected chi connectivity index (χ1v) is 11.9. The van der Waals surface area contributed by atoms with Crippen LogP contribution >= 0.6 is 0 Å². The molecule has 31 heavy (non-hydrogen) atoms. The summed E-state index contributed by atoms with van der Waals surface area (Å²) in [6.45, 7) is 0.813. The molecule has 0 aromatic heterocycles. The van der Waals surface area contributed by atoms with E-state index in [0.29, 0.717) is 29.9 Å². The molecule has 0 saturated carbocycles. The predicted molar refractivity (Wildman–Crippen MR) is 115 cm³/mol. The minimum atomic E-state index is -3.29. The lowest BCUT2D eigenvalue weighted by Gasteiger charge is -2.28. The standard InChI is InChI=1S/C22H24FN3O4S/c23-20-6-2-1-5-16(20)14-25-15-17(13-21(25)27)22(28)24-18-7-9-19(10-8-18)26-11-3-4-12-31(26,29)30/h1-2,5-10,17H,3-4,11-15H2,(H,24,28)/t17-/m1/s1. The molecule has 9 heteroatoms. The quantitative estimate of drug-likeness (QED) is 0.767. The molecular formula is C22H24FN3O4S. The number of benzene rings is 2. The third-order valence-electron chi connectivity index (χ3n) is 5.68. The van der Waals surface area contributed by atoms with Gasteiger partial charge < -0.3 is 10.2 Å². The van der Waals surface area contributed by atoms with Gasteiger partial charge >= 0.3 is 0 Å². The van der Waals surface area contributed by atoms with Gasteiger partial charge in [-0.15, -0.1) is 0 Å². The molecule has 0 radical (unpaired) electrons. The average molecular weight is 446 g/mol. The SMILES string of the molecule is O=C(Nc1ccc(N2CCCCS2(=O)=O)cc1)[C@@H]1CC(=O)N(Cc2ccccc2F)C1. The number of hydrogen-bond donors (Lipinski definition) is 1. The van der Waals surface area contributed by atoms with Gasteiger partial charge in [0.2, 0.25) is 21.8 Å². The van der Waals surface area contributed by atoms with Gasteiger partial charge in [0, 0.05) is 37.3 Å². The second-order valence-electron chi connectivity index (χ2n) is 7.90. The van der Waals surface area contributed by atoms with Crippen molar-refractivity contribution in [1.29, 1.82) is 0 Å². The van der Waals surface area contributed by atoms with Crippen molar-refractivity contribution in [3.63, 3.8) is 0 Å². The van der Waals surface area contributed by atoms with Crippen molar-refractivity contribution in [2.24, 2.45) is 5.92 Å². The van der Waals surface area contributed by atoms with Crippen molar-refractivity contribution in [2.75, 3.05) is 28.5 Å². The smallest absolute Gasteiger partial charge is 0.235 e. The largest absolute Gasteiger partial charge is 0.337 e. The molecule has 2 aliphatic rings. The van der Waals surface area contributed by atoms with Crippen LogP contribution in [0.25, 0.3) is 0 Å². The fourth-order valence-electron chi connectivity index (χ4n) is 3.97. The van der Waals surface area contributed by atoms with Gasteiger partial charge in [0.1, 0.15) is 5.82 Å². The van der Waals surface area contributed by atoms with Gasteiger partial charge in [-0.3, -0.25) is 13.9 Å². The van der Waals surface area contributed by atoms with E-state index < -0.39 is 15.9 Å². The van der Waals surface area contributed by atoms with Crippen LogP contribution in [-0.2, 0) is 26.2 Å². The van der Waals surface area contributed by atoms with E-state index in [1.54, 1.807) is 42.5 Å². The van der Waals surface area contributed by atoms with Crippen LogP contribution in [0.1, 0.15) is 24.8 Å². The van der Waals surface area contributed by atoms with Gasteiger partial charge in [-0.1, -0.05) is 18.2 Å². The Bertz CT molecular complexity index is 1090. The molecule has 0 bridgehead atoms. The number of halogens is 1. The maximum absolute atomic E-state index is 13.9. The highest BCUT2D eigenvalue weighted by molar-refractivity contribution is 7.92. The fraction of sp³-hybridized carbons (Fsp3) is 0.364. The summed E-state index contributed by atoms with van der Waals surface area (Å²) in [4.78, 5) is 26.4. The molecule has 4 rings (SSSR count). The summed E-state index contributed by atoms with van der Waals surface area (Å²) in [6, 6.07) is 12.9. The van der Waals surface area contributed by atoms with E-state index in [0.717, 1.165) is 6.42 Å². The zero-order valence-corrected chi connectivity index (χ0v) is 17.8. The van der Waals surface area contributed by atoms with Gasteiger partial charge in [0.15, 0.2) is 0 Å². The van der Waals surface area contributed by atoms with Crippen LogP contribution in [0.2, 0.25) is 0 Å². The summed E-state index contributed by atoms with van der Waals surface area (Å²) in [5.41, 5.74) is 1.52. The van der Waals surface area contributed by atoms with Crippen LogP contribution in [0.4, 0.5) is 15.8 Å². The summed E-state index contributed by atoms with van der Waals surface area (Å²) in [7, 11) is -3.29. The third kappa shape index (κ3) is 4.71. The minimum Gasteiger partial charge on any atom is -0.337 e. The van der Waals surface area contributed by atoms with E-state index in [9.17, 15) is 22.4 Å². The van der Waals surface area contributed by atoms with E-state index in [1.807, 2.05) is 0 Å². The normalized spacial score (nSPS) is 20.7. The van der Waals surface area contributed by atoms with Crippen LogP contribution in [0.3, 0.4) is 0 Å². The van der Waals surface area contributed by atoms with Crippen LogP contribution in [0.5, 0.6) is 0 Å². The Balaban J connectivity index is 1.37. The number of hydrogen-bond acceptors (Lipinski definition) is 4. The molecule has 0 aliphatic carbocycles. The maximum Gasteiger partial charge on any atom is 0.235 e. The molecule has 164 valence electrons. The second-order valence-corrected chi connectivity index (χ2v) is 9.91. The zero-order valence-electron chi connectivity index (χ0n) is 17.0. The lowest BCUT2D eigenvalue weighted by molar-refractivity contribution is -0.128. The van der Waals surface area contributed by atoms with Gasteiger partial charge in [-0.25, -0.2) is 12.8 Å². The summed E-state index contributed by atoms with van der Waals surface area (Å²) < 4.78 is 39.7. The van der Waals surface area contributed by atoms with E-state index in [2.05, 4.69) is 5.32 Å². The van der Waals surface area contributed by atoms with Crippen LogP contribution in [0, 0.1) is 11.7 Å². The Labute approximate surface area is 180 Å². The number of carbonyl (C=O) groups is 2. The molecule has 2 heterocycles. The zero-order chi connectivity index (χ0) is 22.0. The highest BCUT2D eigenvalue weighted by Gasteiger charge is 2.34. The lowest BCUT2D eigenvalue weighted by Crippen LogP contribution is -2.37. The number of nitrogens with zero attached hydrogens (tertiary/aromatic N) is 2. The van der Waals surface area contributed by atoms with E-state index >= 15 is 0 Å². The van der Waals surface area contributed by atoms with E-state index in [4.69, 9.17) is 0 Å². The molecule has 1 N–H and O–H groups in total. The van der Waals surface area contributed by atoms with Crippen molar-refractivity contribution < 1.29 is 22.4 Å². The predicted octanol–water partition coefficient (Wildman–Crippen LogP) is 2.74. The van der Waals surface area contributed by atoms with Gasteiger partial charge in [0.05, 0.1) is 17.4 Å². The monoisotopic (exact) mass is 445 g/mol. The first-order chi connectivity index (χ1) is 14.8. The lowest BCUT2D eigenvalue weighted by atomic mass is 10.1. The molecule has 0 unspecified atom stereocenters. The number of amides is 2. The Morgan fingerprint density at radius 3 is 2.55 bits per heavy atom. The molecule has 2 aromatic rings. The Kier molecular flexibility index (Phi) is 5.95. The highest BCUT2D eigenvalue weighted by Crippen LogP contribution is 2.26. The summed E-state index contributed by atoms with van der Waals surface area (Å²) in [5, 5.41) is 2.79. The highest BCUT2D eigenvalue weighted by atomic mass is 32.2. The molecular weight excluding hydrogens is 421 g/mol. The maximum atomic E-state index is 13.9. The molecule has 2 amide bonds. The van der Waals surface area contributed by atoms with Crippen LogP contribution in [-0.4, -0.2) is 44.0 Å². The molecule has 2 aliphatic heterocycles. The Hall–Kier alpha value is -2.94. The Morgan fingerprint density at radius 1 is 1.10 bits per heavy atom. The van der Waals surface area contributed by atoms with E-state index in [1.165, 1.54) is 15.3 Å². The Morgan fingerprint density at radius 2 is 1.84 bits per heavy atom.